The summed E-state index contributed by atoms with van der Waals surface area (Å²) in [5, 5.41) is 0. The van der Waals surface area contributed by atoms with Gasteiger partial charge in [-0.05, 0) is 37.5 Å². The van der Waals surface area contributed by atoms with Crippen LogP contribution in [0, 0.1) is 0 Å². The van der Waals surface area contributed by atoms with Crippen molar-refractivity contribution in [1.29, 1.82) is 0 Å². The number of ether oxygens (including phenoxy) is 1. The van der Waals surface area contributed by atoms with E-state index in [0.29, 0.717) is 13.0 Å². The fourth-order valence-electron chi connectivity index (χ4n) is 2.94. The maximum atomic E-state index is 13.0. The second-order valence-electron chi connectivity index (χ2n) is 6.76. The highest BCUT2D eigenvalue weighted by atomic mass is 16.5. The Kier molecular flexibility index (Phi) is 9.25. The van der Waals surface area contributed by atoms with Gasteiger partial charge in [0.05, 0.1) is 12.6 Å². The summed E-state index contributed by atoms with van der Waals surface area (Å²) in [5.41, 5.74) is 1.97. The van der Waals surface area contributed by atoms with Crippen LogP contribution in [0.4, 0.5) is 0 Å². The van der Waals surface area contributed by atoms with Crippen LogP contribution in [0.3, 0.4) is 0 Å². The Hall–Kier alpha value is -3.47. The van der Waals surface area contributed by atoms with Crippen molar-refractivity contribution in [3.63, 3.8) is 0 Å². The molecule has 2 rings (SSSR count). The van der Waals surface area contributed by atoms with Gasteiger partial charge in [-0.2, -0.15) is 0 Å². The summed E-state index contributed by atoms with van der Waals surface area (Å²) < 4.78 is 4.99. The van der Waals surface area contributed by atoms with E-state index >= 15 is 0 Å². The Morgan fingerprint density at radius 1 is 0.900 bits per heavy atom. The number of nitrogens with zero attached hydrogens (tertiary/aromatic N) is 1. The summed E-state index contributed by atoms with van der Waals surface area (Å²) in [6.45, 7) is 3.76. The summed E-state index contributed by atoms with van der Waals surface area (Å²) in [7, 11) is 0. The first-order valence-electron chi connectivity index (χ1n) is 9.91. The van der Waals surface area contributed by atoms with Crippen LogP contribution in [0.5, 0.6) is 0 Å². The van der Waals surface area contributed by atoms with Gasteiger partial charge in [0.25, 0.3) is 0 Å². The predicted molar refractivity (Wildman–Crippen MR) is 117 cm³/mol. The normalized spacial score (nSPS) is 12.1. The quantitative estimate of drug-likeness (QED) is 0.444. The molecule has 0 bridgehead atoms. The number of benzene rings is 2. The molecule has 2 aromatic rings. The molecule has 5 heteroatoms. The Bertz CT molecular complexity index is 888. The lowest BCUT2D eigenvalue weighted by Crippen LogP contribution is -2.39. The van der Waals surface area contributed by atoms with E-state index in [2.05, 4.69) is 0 Å². The highest BCUT2D eigenvalue weighted by molar-refractivity contribution is 5.96. The highest BCUT2D eigenvalue weighted by Crippen LogP contribution is 2.16. The lowest BCUT2D eigenvalue weighted by atomic mass is 10.0. The Labute approximate surface area is 177 Å². The van der Waals surface area contributed by atoms with E-state index in [1.807, 2.05) is 60.7 Å². The van der Waals surface area contributed by atoms with Gasteiger partial charge in [-0.1, -0.05) is 66.7 Å². The number of amides is 1. The van der Waals surface area contributed by atoms with Crippen molar-refractivity contribution in [2.24, 2.45) is 0 Å². The largest absolute Gasteiger partial charge is 0.463 e. The average molecular weight is 405 g/mol. The minimum absolute atomic E-state index is 0.204. The molecule has 0 aliphatic rings. The summed E-state index contributed by atoms with van der Waals surface area (Å²) in [4.78, 5) is 37.9. The van der Waals surface area contributed by atoms with Crippen molar-refractivity contribution in [2.75, 3.05) is 6.61 Å². The zero-order valence-electron chi connectivity index (χ0n) is 17.4. The van der Waals surface area contributed by atoms with Gasteiger partial charge in [-0.25, -0.2) is 4.79 Å². The van der Waals surface area contributed by atoms with Crippen molar-refractivity contribution in [3.05, 3.63) is 96.1 Å². The fraction of sp³-hybridized carbons (Fsp3) is 0.240. The van der Waals surface area contributed by atoms with Gasteiger partial charge < -0.3 is 9.64 Å². The van der Waals surface area contributed by atoms with E-state index in [-0.39, 0.29) is 18.3 Å². The SMILES string of the molecule is CCOC(=O)/C=C/[C@H](Cc1ccccc1)N(Cc1ccccc1)C(=O)/C=C/C(C)=O. The Morgan fingerprint density at radius 2 is 1.50 bits per heavy atom. The molecule has 0 radical (unpaired) electrons. The number of ketones is 1. The monoisotopic (exact) mass is 405 g/mol. The Balaban J connectivity index is 2.38. The lowest BCUT2D eigenvalue weighted by molar-refractivity contribution is -0.137. The second-order valence-corrected chi connectivity index (χ2v) is 6.76. The first-order valence-corrected chi connectivity index (χ1v) is 9.91. The average Bonchev–Trinajstić information content (AvgIpc) is 2.75. The van der Waals surface area contributed by atoms with Gasteiger partial charge in [0.2, 0.25) is 5.91 Å². The summed E-state index contributed by atoms with van der Waals surface area (Å²) in [6.07, 6.45) is 6.10. The van der Waals surface area contributed by atoms with Gasteiger partial charge in [0.15, 0.2) is 5.78 Å². The van der Waals surface area contributed by atoms with Crippen LogP contribution in [0.25, 0.3) is 0 Å². The molecule has 0 spiro atoms. The molecule has 0 aromatic heterocycles. The number of hydrogen-bond acceptors (Lipinski definition) is 4. The van der Waals surface area contributed by atoms with E-state index in [9.17, 15) is 14.4 Å². The number of carbonyl (C=O) groups excluding carboxylic acids is 3. The third-order valence-electron chi connectivity index (χ3n) is 4.37. The molecule has 0 aliphatic heterocycles. The van der Waals surface area contributed by atoms with Gasteiger partial charge in [-0.3, -0.25) is 9.59 Å². The van der Waals surface area contributed by atoms with Crippen molar-refractivity contribution in [3.8, 4) is 0 Å². The molecule has 0 aliphatic carbocycles. The van der Waals surface area contributed by atoms with Gasteiger partial charge >= 0.3 is 5.97 Å². The van der Waals surface area contributed by atoms with E-state index < -0.39 is 12.0 Å². The van der Waals surface area contributed by atoms with Crippen LogP contribution in [-0.4, -0.2) is 35.2 Å². The van der Waals surface area contributed by atoms with E-state index in [1.165, 1.54) is 25.2 Å². The first kappa shape index (κ1) is 22.8. The number of esters is 1. The number of carbonyl (C=O) groups is 3. The molecule has 0 fully saturated rings. The third kappa shape index (κ3) is 7.87. The summed E-state index contributed by atoms with van der Waals surface area (Å²) >= 11 is 0. The molecule has 1 amide bonds. The summed E-state index contributed by atoms with van der Waals surface area (Å²) in [6, 6.07) is 18.9. The first-order chi connectivity index (χ1) is 14.5. The molecular formula is C25H27NO4. The summed E-state index contributed by atoms with van der Waals surface area (Å²) in [5.74, 6) is -0.963. The predicted octanol–water partition coefficient (Wildman–Crippen LogP) is 3.89. The van der Waals surface area contributed by atoms with Crippen LogP contribution in [-0.2, 0) is 32.1 Å². The maximum Gasteiger partial charge on any atom is 0.330 e. The van der Waals surface area contributed by atoms with Crippen molar-refractivity contribution < 1.29 is 19.1 Å². The molecule has 2 aromatic carbocycles. The number of hydrogen-bond donors (Lipinski definition) is 0. The van der Waals surface area contributed by atoms with Crippen LogP contribution >= 0.6 is 0 Å². The minimum Gasteiger partial charge on any atom is -0.463 e. The molecule has 0 N–H and O–H groups in total. The van der Waals surface area contributed by atoms with Crippen LogP contribution < -0.4 is 0 Å². The van der Waals surface area contributed by atoms with Crippen molar-refractivity contribution >= 4 is 17.7 Å². The minimum atomic E-state index is -0.457. The second kappa shape index (κ2) is 12.2. The molecule has 0 saturated carbocycles. The molecule has 156 valence electrons. The third-order valence-corrected chi connectivity index (χ3v) is 4.37. The van der Waals surface area contributed by atoms with Gasteiger partial charge in [0, 0.05) is 18.7 Å². The smallest absolute Gasteiger partial charge is 0.330 e. The zero-order valence-corrected chi connectivity index (χ0v) is 17.4. The molecule has 1 atom stereocenters. The maximum absolute atomic E-state index is 13.0. The highest BCUT2D eigenvalue weighted by Gasteiger charge is 2.21. The van der Waals surface area contributed by atoms with Crippen LogP contribution in [0.1, 0.15) is 25.0 Å². The van der Waals surface area contributed by atoms with E-state index in [4.69, 9.17) is 4.74 Å². The molecule has 0 unspecified atom stereocenters. The molecular weight excluding hydrogens is 378 g/mol. The van der Waals surface area contributed by atoms with E-state index in [1.54, 1.807) is 17.9 Å². The van der Waals surface area contributed by atoms with E-state index in [0.717, 1.165) is 11.1 Å². The standard InChI is InChI=1S/C25H27NO4/c1-3-30-25(29)17-15-23(18-21-10-6-4-7-11-21)26(24(28)16-14-20(2)27)19-22-12-8-5-9-13-22/h4-17,23H,3,18-19H2,1-2H3/b16-14+,17-15+/t23-/m1/s1. The fourth-order valence-corrected chi connectivity index (χ4v) is 2.94. The molecule has 5 nitrogen and oxygen atoms in total. The number of allylic oxidation sites excluding steroid dienone is 1. The topological polar surface area (TPSA) is 63.7 Å². The molecule has 0 heterocycles. The van der Waals surface area contributed by atoms with Crippen LogP contribution in [0.2, 0.25) is 0 Å². The van der Waals surface area contributed by atoms with Gasteiger partial charge in [-0.15, -0.1) is 0 Å². The zero-order chi connectivity index (χ0) is 21.8. The van der Waals surface area contributed by atoms with Crippen LogP contribution in [0.15, 0.2) is 85.0 Å². The van der Waals surface area contributed by atoms with Crippen molar-refractivity contribution in [2.45, 2.75) is 32.9 Å². The van der Waals surface area contributed by atoms with Gasteiger partial charge in [0.1, 0.15) is 0 Å². The lowest BCUT2D eigenvalue weighted by Gasteiger charge is -2.29. The molecule has 0 saturated heterocycles. The van der Waals surface area contributed by atoms with Crippen molar-refractivity contribution in [1.82, 2.24) is 4.90 Å². The Morgan fingerprint density at radius 3 is 2.07 bits per heavy atom. The molecule has 30 heavy (non-hydrogen) atoms. The number of rotatable bonds is 10.